The van der Waals surface area contributed by atoms with E-state index in [9.17, 15) is 14.4 Å². The molecule has 10 heteroatoms. The number of amides is 3. The van der Waals surface area contributed by atoms with E-state index in [0.717, 1.165) is 30.5 Å². The molecule has 0 radical (unpaired) electrons. The summed E-state index contributed by atoms with van der Waals surface area (Å²) in [4.78, 5) is 44.9. The number of anilines is 2. The first kappa shape index (κ1) is 31.5. The van der Waals surface area contributed by atoms with E-state index in [-0.39, 0.29) is 47.7 Å². The van der Waals surface area contributed by atoms with Gasteiger partial charge in [0.15, 0.2) is 5.60 Å². The predicted octanol–water partition coefficient (Wildman–Crippen LogP) is 3.77. The summed E-state index contributed by atoms with van der Waals surface area (Å²) in [6, 6.07) is 13.7. The van der Waals surface area contributed by atoms with Gasteiger partial charge in [-0.1, -0.05) is 24.3 Å². The Labute approximate surface area is 265 Å². The van der Waals surface area contributed by atoms with Gasteiger partial charge in [0, 0.05) is 51.0 Å². The Morgan fingerprint density at radius 1 is 1.09 bits per heavy atom. The maximum absolute atomic E-state index is 14.2. The number of nitrogens with one attached hydrogen (secondary N) is 2. The van der Waals surface area contributed by atoms with Gasteiger partial charge in [-0.2, -0.15) is 0 Å². The van der Waals surface area contributed by atoms with Crippen LogP contribution in [0.3, 0.4) is 0 Å². The number of nitrogens with zero attached hydrogens (tertiary/aromatic N) is 2. The first-order chi connectivity index (χ1) is 21.7. The van der Waals surface area contributed by atoms with E-state index in [1.165, 1.54) is 5.56 Å². The molecule has 0 unspecified atom stereocenters. The molecule has 0 spiro atoms. The number of piperidine rings is 1. The van der Waals surface area contributed by atoms with Crippen LogP contribution in [0.1, 0.15) is 64.1 Å². The average molecular weight is 619 g/mol. The van der Waals surface area contributed by atoms with E-state index in [1.807, 2.05) is 49.1 Å². The summed E-state index contributed by atoms with van der Waals surface area (Å²) in [5, 5.41) is 6.64. The van der Waals surface area contributed by atoms with Crippen LogP contribution in [0.4, 0.5) is 11.4 Å². The minimum Gasteiger partial charge on any atom is -0.476 e. The van der Waals surface area contributed by atoms with Gasteiger partial charge in [-0.15, -0.1) is 0 Å². The topological polar surface area (TPSA) is 109 Å². The van der Waals surface area contributed by atoms with Crippen LogP contribution in [-0.2, 0) is 30.3 Å². The van der Waals surface area contributed by atoms with Crippen LogP contribution in [-0.4, -0.2) is 74.9 Å². The smallest absolute Gasteiger partial charge is 0.270 e. The zero-order chi connectivity index (χ0) is 31.7. The molecule has 242 valence electrons. The molecule has 4 atom stereocenters. The Kier molecular flexibility index (Phi) is 9.17. The standard InChI is InChI=1S/C35H46N4O6/c1-5-43-16-15-38-28-19-26(13-14-29(28)45-35(3,4)34(38)42)39(25-11-12-25)33(41)24-17-23(20-36-21-24)32(40)37-31-27-10-8-7-9-22(27)18-30(31)44-6-2/h7-10,13-14,19,23-25,30-31,36H,5-6,11-12,15-18,20-21H2,1-4H3,(H,37,40)/t23-,24+,30+,31-/m0/s1. The molecular formula is C35H46N4O6. The molecule has 0 bridgehead atoms. The lowest BCUT2D eigenvalue weighted by Crippen LogP contribution is -2.53. The van der Waals surface area contributed by atoms with Crippen molar-refractivity contribution in [2.45, 2.75) is 77.2 Å². The number of carbonyl (C=O) groups excluding carboxylic acids is 3. The molecule has 2 aliphatic heterocycles. The number of fused-ring (bicyclic) bond motifs is 2. The van der Waals surface area contributed by atoms with E-state index in [4.69, 9.17) is 14.2 Å². The van der Waals surface area contributed by atoms with Crippen molar-refractivity contribution in [3.63, 3.8) is 0 Å². The van der Waals surface area contributed by atoms with Gasteiger partial charge in [0.05, 0.1) is 36.3 Å². The number of hydrogen-bond acceptors (Lipinski definition) is 7. The Morgan fingerprint density at radius 2 is 1.87 bits per heavy atom. The summed E-state index contributed by atoms with van der Waals surface area (Å²) in [7, 11) is 0. The maximum Gasteiger partial charge on any atom is 0.270 e. The molecule has 10 nitrogen and oxygen atoms in total. The van der Waals surface area contributed by atoms with Crippen LogP contribution in [0.25, 0.3) is 0 Å². The first-order valence-electron chi connectivity index (χ1n) is 16.5. The van der Waals surface area contributed by atoms with Gasteiger partial charge in [-0.3, -0.25) is 14.4 Å². The van der Waals surface area contributed by atoms with Gasteiger partial charge in [-0.05, 0) is 76.3 Å². The molecular weight excluding hydrogens is 572 g/mol. The molecule has 1 saturated carbocycles. The van der Waals surface area contributed by atoms with Crippen LogP contribution < -0.4 is 25.2 Å². The van der Waals surface area contributed by atoms with Gasteiger partial charge in [-0.25, -0.2) is 0 Å². The summed E-state index contributed by atoms with van der Waals surface area (Å²) >= 11 is 0. The van der Waals surface area contributed by atoms with Gasteiger partial charge < -0.3 is 34.6 Å². The summed E-state index contributed by atoms with van der Waals surface area (Å²) in [5.74, 6) is -0.271. The lowest BCUT2D eigenvalue weighted by Gasteiger charge is -2.39. The molecule has 2 aromatic rings. The number of ether oxygens (including phenoxy) is 3. The van der Waals surface area contributed by atoms with Crippen molar-refractivity contribution in [2.24, 2.45) is 11.8 Å². The molecule has 45 heavy (non-hydrogen) atoms. The van der Waals surface area contributed by atoms with Crippen LogP contribution in [0.15, 0.2) is 42.5 Å². The molecule has 0 aromatic heterocycles. The van der Waals surface area contributed by atoms with Crippen molar-refractivity contribution >= 4 is 29.1 Å². The Bertz CT molecular complexity index is 1420. The third kappa shape index (κ3) is 6.46. The van der Waals surface area contributed by atoms with Crippen molar-refractivity contribution in [3.05, 3.63) is 53.6 Å². The van der Waals surface area contributed by atoms with Gasteiger partial charge in [0.25, 0.3) is 5.91 Å². The van der Waals surface area contributed by atoms with Crippen LogP contribution >= 0.6 is 0 Å². The van der Waals surface area contributed by atoms with Gasteiger partial charge >= 0.3 is 0 Å². The number of carbonyl (C=O) groups is 3. The molecule has 6 rings (SSSR count). The minimum absolute atomic E-state index is 0.00473. The van der Waals surface area contributed by atoms with E-state index in [2.05, 4.69) is 22.8 Å². The highest BCUT2D eigenvalue weighted by atomic mass is 16.5. The van der Waals surface area contributed by atoms with Gasteiger partial charge in [0.1, 0.15) is 5.75 Å². The highest BCUT2D eigenvalue weighted by Crippen LogP contribution is 2.43. The molecule has 3 amide bonds. The second-order valence-corrected chi connectivity index (χ2v) is 13.0. The van der Waals surface area contributed by atoms with E-state index >= 15 is 0 Å². The Balaban J connectivity index is 1.19. The van der Waals surface area contributed by atoms with Crippen LogP contribution in [0.5, 0.6) is 5.75 Å². The van der Waals surface area contributed by atoms with Crippen molar-refractivity contribution in [2.75, 3.05) is 49.3 Å². The van der Waals surface area contributed by atoms with E-state index in [0.29, 0.717) is 57.3 Å². The fourth-order valence-electron chi connectivity index (χ4n) is 6.97. The summed E-state index contributed by atoms with van der Waals surface area (Å²) in [6.45, 7) is 10.4. The monoisotopic (exact) mass is 618 g/mol. The highest BCUT2D eigenvalue weighted by Gasteiger charge is 2.44. The molecule has 2 fully saturated rings. The number of hydrogen-bond donors (Lipinski definition) is 2. The highest BCUT2D eigenvalue weighted by molar-refractivity contribution is 6.04. The Morgan fingerprint density at radius 3 is 2.62 bits per heavy atom. The van der Waals surface area contributed by atoms with Crippen LogP contribution in [0.2, 0.25) is 0 Å². The van der Waals surface area contributed by atoms with Crippen molar-refractivity contribution in [1.29, 1.82) is 0 Å². The molecule has 2 heterocycles. The fourth-order valence-corrected chi connectivity index (χ4v) is 6.97. The minimum atomic E-state index is -1.00. The third-order valence-electron chi connectivity index (χ3n) is 9.38. The van der Waals surface area contributed by atoms with Crippen molar-refractivity contribution < 1.29 is 28.6 Å². The fraction of sp³-hybridized carbons (Fsp3) is 0.571. The number of benzene rings is 2. The lowest BCUT2D eigenvalue weighted by atomic mass is 9.88. The molecule has 1 saturated heterocycles. The summed E-state index contributed by atoms with van der Waals surface area (Å²) in [5.41, 5.74) is 2.70. The largest absolute Gasteiger partial charge is 0.476 e. The quantitative estimate of drug-likeness (QED) is 0.369. The SMILES string of the molecule is CCOCCN1C(=O)C(C)(C)Oc2ccc(N(C(=O)[C@H]3CNC[C@@H](C(=O)N[C@H]4c5ccccc5C[C@H]4OCC)C3)C3CC3)cc21. The maximum atomic E-state index is 14.2. The first-order valence-corrected chi connectivity index (χ1v) is 16.5. The van der Waals surface area contributed by atoms with E-state index in [1.54, 1.807) is 18.7 Å². The normalized spacial score (nSPS) is 25.2. The zero-order valence-corrected chi connectivity index (χ0v) is 26.8. The molecule has 4 aliphatic rings. The third-order valence-corrected chi connectivity index (χ3v) is 9.38. The van der Waals surface area contributed by atoms with Crippen LogP contribution in [0, 0.1) is 11.8 Å². The van der Waals surface area contributed by atoms with E-state index < -0.39 is 5.60 Å². The average Bonchev–Trinajstić information content (AvgIpc) is 3.81. The predicted molar refractivity (Wildman–Crippen MR) is 171 cm³/mol. The molecule has 2 aliphatic carbocycles. The lowest BCUT2D eigenvalue weighted by molar-refractivity contribution is -0.133. The molecule has 2 N–H and O–H groups in total. The van der Waals surface area contributed by atoms with Crippen molar-refractivity contribution in [3.8, 4) is 5.75 Å². The van der Waals surface area contributed by atoms with Crippen molar-refractivity contribution in [1.82, 2.24) is 10.6 Å². The summed E-state index contributed by atoms with van der Waals surface area (Å²) < 4.78 is 17.7. The van der Waals surface area contributed by atoms with Gasteiger partial charge in [0.2, 0.25) is 11.8 Å². The second kappa shape index (κ2) is 13.1. The summed E-state index contributed by atoms with van der Waals surface area (Å²) in [6.07, 6.45) is 2.98. The zero-order valence-electron chi connectivity index (χ0n) is 26.8. The second-order valence-electron chi connectivity index (χ2n) is 13.0. The molecule has 2 aromatic carbocycles. The number of rotatable bonds is 11. The Hall–Kier alpha value is -3.47.